The molecule has 0 radical (unpaired) electrons. The van der Waals surface area contributed by atoms with Crippen molar-refractivity contribution in [3.63, 3.8) is 0 Å². The van der Waals surface area contributed by atoms with E-state index in [4.69, 9.17) is 24.2 Å². The molecule has 2 aromatic rings. The molecule has 5 heteroatoms. The van der Waals surface area contributed by atoms with Crippen LogP contribution in [-0.4, -0.2) is 20.8 Å². The first-order valence-corrected chi connectivity index (χ1v) is 7.22. The molecule has 0 aromatic heterocycles. The van der Waals surface area contributed by atoms with E-state index in [0.29, 0.717) is 30.3 Å². The Kier molecular flexibility index (Phi) is 5.70. The zero-order valence-electron chi connectivity index (χ0n) is 13.5. The molecule has 0 aliphatic carbocycles. The van der Waals surface area contributed by atoms with Crippen molar-refractivity contribution in [2.45, 2.75) is 13.5 Å². The third-order valence-corrected chi connectivity index (χ3v) is 3.24. The predicted molar refractivity (Wildman–Crippen MR) is 86.2 cm³/mol. The van der Waals surface area contributed by atoms with E-state index in [-0.39, 0.29) is 0 Å². The normalized spacial score (nSPS) is 9.83. The molecule has 0 bridgehead atoms. The summed E-state index contributed by atoms with van der Waals surface area (Å²) in [6.07, 6.45) is 0. The average molecular weight is 313 g/mol. The van der Waals surface area contributed by atoms with E-state index in [2.05, 4.69) is 6.07 Å². The molecule has 0 saturated carbocycles. The maximum atomic E-state index is 8.98. The molecule has 0 aliphatic heterocycles. The van der Waals surface area contributed by atoms with E-state index >= 15 is 0 Å². The SMILES string of the molecule is CCOc1cc(C#N)ccc1OCc1cc(OC)ccc1OC. The summed E-state index contributed by atoms with van der Waals surface area (Å²) in [5.74, 6) is 2.58. The molecule has 0 saturated heterocycles. The zero-order chi connectivity index (χ0) is 16.7. The minimum Gasteiger partial charge on any atom is -0.497 e. The van der Waals surface area contributed by atoms with Gasteiger partial charge in [0.05, 0.1) is 32.5 Å². The molecule has 0 unspecified atom stereocenters. The fourth-order valence-electron chi connectivity index (χ4n) is 2.12. The predicted octanol–water partition coefficient (Wildman–Crippen LogP) is 3.55. The number of rotatable bonds is 7. The van der Waals surface area contributed by atoms with E-state index in [1.807, 2.05) is 25.1 Å². The number of ether oxygens (including phenoxy) is 4. The second kappa shape index (κ2) is 7.95. The highest BCUT2D eigenvalue weighted by atomic mass is 16.5. The van der Waals surface area contributed by atoms with Gasteiger partial charge in [0.1, 0.15) is 18.1 Å². The molecular formula is C18H19NO4. The average Bonchev–Trinajstić information content (AvgIpc) is 2.60. The molecular weight excluding hydrogens is 294 g/mol. The van der Waals surface area contributed by atoms with Crippen molar-refractivity contribution in [3.8, 4) is 29.1 Å². The molecule has 0 fully saturated rings. The number of nitriles is 1. The van der Waals surface area contributed by atoms with Crippen LogP contribution in [0.5, 0.6) is 23.0 Å². The molecule has 5 nitrogen and oxygen atoms in total. The highest BCUT2D eigenvalue weighted by Crippen LogP contribution is 2.31. The lowest BCUT2D eigenvalue weighted by Crippen LogP contribution is -2.02. The van der Waals surface area contributed by atoms with Crippen LogP contribution in [0.15, 0.2) is 36.4 Å². The number of benzene rings is 2. The fraction of sp³-hybridized carbons (Fsp3) is 0.278. The Morgan fingerprint density at radius 2 is 1.70 bits per heavy atom. The molecule has 120 valence electrons. The van der Waals surface area contributed by atoms with Crippen molar-refractivity contribution in [2.24, 2.45) is 0 Å². The van der Waals surface area contributed by atoms with Gasteiger partial charge in [-0.1, -0.05) is 0 Å². The van der Waals surface area contributed by atoms with Gasteiger partial charge in [-0.05, 0) is 37.3 Å². The van der Waals surface area contributed by atoms with Crippen molar-refractivity contribution in [1.82, 2.24) is 0 Å². The second-order valence-electron chi connectivity index (χ2n) is 4.67. The smallest absolute Gasteiger partial charge is 0.162 e. The van der Waals surface area contributed by atoms with Gasteiger partial charge in [-0.2, -0.15) is 5.26 Å². The topological polar surface area (TPSA) is 60.7 Å². The number of methoxy groups -OCH3 is 2. The molecule has 0 atom stereocenters. The third kappa shape index (κ3) is 4.07. The Morgan fingerprint density at radius 1 is 0.913 bits per heavy atom. The van der Waals surface area contributed by atoms with E-state index in [0.717, 1.165) is 17.1 Å². The highest BCUT2D eigenvalue weighted by molar-refractivity contribution is 5.47. The van der Waals surface area contributed by atoms with Crippen LogP contribution in [0.1, 0.15) is 18.1 Å². The van der Waals surface area contributed by atoms with Crippen LogP contribution in [0, 0.1) is 11.3 Å². The van der Waals surface area contributed by atoms with Crippen molar-refractivity contribution in [1.29, 1.82) is 5.26 Å². The molecule has 2 rings (SSSR count). The molecule has 0 spiro atoms. The Labute approximate surface area is 136 Å². The summed E-state index contributed by atoms with van der Waals surface area (Å²) in [5, 5.41) is 8.98. The third-order valence-electron chi connectivity index (χ3n) is 3.24. The van der Waals surface area contributed by atoms with Gasteiger partial charge >= 0.3 is 0 Å². The fourth-order valence-corrected chi connectivity index (χ4v) is 2.12. The number of nitrogens with zero attached hydrogens (tertiary/aromatic N) is 1. The highest BCUT2D eigenvalue weighted by Gasteiger charge is 2.10. The quantitative estimate of drug-likeness (QED) is 0.782. The summed E-state index contributed by atoms with van der Waals surface area (Å²) < 4.78 is 21.9. The molecule has 0 aliphatic rings. The summed E-state index contributed by atoms with van der Waals surface area (Å²) >= 11 is 0. The Morgan fingerprint density at radius 3 is 2.35 bits per heavy atom. The van der Waals surface area contributed by atoms with Gasteiger partial charge in [0.15, 0.2) is 11.5 Å². The first-order valence-electron chi connectivity index (χ1n) is 7.22. The lowest BCUT2D eigenvalue weighted by molar-refractivity contribution is 0.264. The molecule has 23 heavy (non-hydrogen) atoms. The Hall–Kier alpha value is -2.87. The first-order chi connectivity index (χ1) is 11.2. The van der Waals surface area contributed by atoms with Gasteiger partial charge in [-0.25, -0.2) is 0 Å². The first kappa shape index (κ1) is 16.5. The van der Waals surface area contributed by atoms with E-state index in [1.165, 1.54) is 0 Å². The number of hydrogen-bond donors (Lipinski definition) is 0. The van der Waals surface area contributed by atoms with Crippen molar-refractivity contribution in [3.05, 3.63) is 47.5 Å². The van der Waals surface area contributed by atoms with E-state index < -0.39 is 0 Å². The molecule has 2 aromatic carbocycles. The van der Waals surface area contributed by atoms with Crippen LogP contribution in [0.25, 0.3) is 0 Å². The van der Waals surface area contributed by atoms with Crippen LogP contribution in [0.3, 0.4) is 0 Å². The zero-order valence-corrected chi connectivity index (χ0v) is 13.5. The standard InChI is InChI=1S/C18H19NO4/c1-4-22-18-9-13(11-19)5-7-17(18)23-12-14-10-15(20-2)6-8-16(14)21-3/h5-10H,4,12H2,1-3H3. The minimum atomic E-state index is 0.298. The van der Waals surface area contributed by atoms with Gasteiger partial charge in [-0.15, -0.1) is 0 Å². The number of hydrogen-bond acceptors (Lipinski definition) is 5. The van der Waals surface area contributed by atoms with Crippen LogP contribution >= 0.6 is 0 Å². The maximum absolute atomic E-state index is 8.98. The van der Waals surface area contributed by atoms with Crippen LogP contribution in [-0.2, 0) is 6.61 Å². The largest absolute Gasteiger partial charge is 0.497 e. The maximum Gasteiger partial charge on any atom is 0.162 e. The second-order valence-corrected chi connectivity index (χ2v) is 4.67. The van der Waals surface area contributed by atoms with Crippen molar-refractivity contribution < 1.29 is 18.9 Å². The molecule has 0 N–H and O–H groups in total. The van der Waals surface area contributed by atoms with Crippen molar-refractivity contribution >= 4 is 0 Å². The monoisotopic (exact) mass is 313 g/mol. The van der Waals surface area contributed by atoms with Crippen LogP contribution < -0.4 is 18.9 Å². The summed E-state index contributed by atoms with van der Waals surface area (Å²) in [4.78, 5) is 0. The van der Waals surface area contributed by atoms with Gasteiger partial charge in [-0.3, -0.25) is 0 Å². The lowest BCUT2D eigenvalue weighted by atomic mass is 10.2. The lowest BCUT2D eigenvalue weighted by Gasteiger charge is -2.14. The van der Waals surface area contributed by atoms with E-state index in [9.17, 15) is 0 Å². The minimum absolute atomic E-state index is 0.298. The Bertz CT molecular complexity index is 707. The molecule has 0 heterocycles. The van der Waals surface area contributed by atoms with E-state index in [1.54, 1.807) is 32.4 Å². The molecule has 0 amide bonds. The summed E-state index contributed by atoms with van der Waals surface area (Å²) in [5.41, 5.74) is 1.39. The Balaban J connectivity index is 2.22. The van der Waals surface area contributed by atoms with Gasteiger partial charge < -0.3 is 18.9 Å². The van der Waals surface area contributed by atoms with Crippen LogP contribution in [0.4, 0.5) is 0 Å². The van der Waals surface area contributed by atoms with Gasteiger partial charge in [0, 0.05) is 11.6 Å². The summed E-state index contributed by atoms with van der Waals surface area (Å²) in [6, 6.07) is 12.7. The summed E-state index contributed by atoms with van der Waals surface area (Å²) in [6.45, 7) is 2.67. The van der Waals surface area contributed by atoms with Gasteiger partial charge in [0.25, 0.3) is 0 Å². The van der Waals surface area contributed by atoms with Crippen LogP contribution in [0.2, 0.25) is 0 Å². The van der Waals surface area contributed by atoms with Crippen molar-refractivity contribution in [2.75, 3.05) is 20.8 Å². The van der Waals surface area contributed by atoms with Gasteiger partial charge in [0.2, 0.25) is 0 Å². The summed E-state index contributed by atoms with van der Waals surface area (Å²) in [7, 11) is 3.22.